The molecule has 130 valence electrons. The zero-order chi connectivity index (χ0) is 18.1. The number of ether oxygens (including phenoxy) is 3. The Morgan fingerprint density at radius 2 is 1.96 bits per heavy atom. The lowest BCUT2D eigenvalue weighted by Gasteiger charge is -2.08. The van der Waals surface area contributed by atoms with Crippen LogP contribution < -0.4 is 0 Å². The molecular formula is C16H18O8. The second-order valence-corrected chi connectivity index (χ2v) is 4.64. The predicted molar refractivity (Wildman–Crippen MR) is 81.4 cm³/mol. The number of aliphatic hydroxyl groups excluding tert-OH is 1. The van der Waals surface area contributed by atoms with E-state index < -0.39 is 18.2 Å². The number of rotatable bonds is 6. The van der Waals surface area contributed by atoms with Gasteiger partial charge in [-0.2, -0.15) is 0 Å². The number of esters is 2. The van der Waals surface area contributed by atoms with Crippen molar-refractivity contribution in [2.24, 2.45) is 0 Å². The third-order valence-electron chi connectivity index (χ3n) is 2.64. The van der Waals surface area contributed by atoms with E-state index in [9.17, 15) is 14.4 Å². The van der Waals surface area contributed by atoms with Crippen molar-refractivity contribution in [3.8, 4) is 0 Å². The lowest BCUT2D eigenvalue weighted by molar-refractivity contribution is -0.138. The molecule has 0 radical (unpaired) electrons. The molecule has 8 nitrogen and oxygen atoms in total. The van der Waals surface area contributed by atoms with Crippen LogP contribution in [0, 0.1) is 0 Å². The van der Waals surface area contributed by atoms with Gasteiger partial charge in [-0.05, 0) is 19.1 Å². The maximum atomic E-state index is 11.3. The van der Waals surface area contributed by atoms with Crippen molar-refractivity contribution in [3.63, 3.8) is 0 Å². The Hall–Kier alpha value is -2.71. The maximum absolute atomic E-state index is 11.3. The minimum Gasteiger partial charge on any atom is -0.478 e. The average Bonchev–Trinajstić information content (AvgIpc) is 3.36. The minimum atomic E-state index is -1.26. The van der Waals surface area contributed by atoms with E-state index in [4.69, 9.17) is 14.9 Å². The van der Waals surface area contributed by atoms with Crippen molar-refractivity contribution in [2.45, 2.75) is 19.3 Å². The van der Waals surface area contributed by atoms with Crippen LogP contribution in [0.2, 0.25) is 0 Å². The molecule has 1 aliphatic heterocycles. The van der Waals surface area contributed by atoms with Crippen molar-refractivity contribution >= 4 is 17.9 Å². The molecule has 2 N–H and O–H groups in total. The van der Waals surface area contributed by atoms with Crippen LogP contribution in [0.25, 0.3) is 0 Å². The normalized spacial score (nSPS) is 16.0. The topological polar surface area (TPSA) is 123 Å². The highest BCUT2D eigenvalue weighted by molar-refractivity contribution is 6.02. The molecule has 2 atom stereocenters. The molecule has 1 aromatic rings. The molecule has 1 aromatic carbocycles. The average molecular weight is 338 g/mol. The Balaban J connectivity index is 0.000000272. The Morgan fingerprint density at radius 1 is 1.38 bits per heavy atom. The van der Waals surface area contributed by atoms with Gasteiger partial charge in [0.15, 0.2) is 6.29 Å². The first-order valence-electron chi connectivity index (χ1n) is 6.97. The number of aliphatic hydroxyl groups is 1. The van der Waals surface area contributed by atoms with Crippen molar-refractivity contribution < 1.29 is 38.8 Å². The highest BCUT2D eigenvalue weighted by Crippen LogP contribution is 2.11. The molecule has 0 bridgehead atoms. The summed E-state index contributed by atoms with van der Waals surface area (Å²) in [5.41, 5.74) is -0.228. The number of hydrogen-bond donors (Lipinski definition) is 2. The molecule has 0 aliphatic carbocycles. The first-order valence-corrected chi connectivity index (χ1v) is 6.97. The molecule has 1 fully saturated rings. The van der Waals surface area contributed by atoms with Gasteiger partial charge < -0.3 is 24.4 Å². The molecular weight excluding hydrogens is 320 g/mol. The summed E-state index contributed by atoms with van der Waals surface area (Å²) in [5, 5.41) is 17.6. The first-order chi connectivity index (χ1) is 11.3. The quantitative estimate of drug-likeness (QED) is 0.341. The number of carbonyl (C=O) groups is 3. The number of epoxide rings is 1. The van der Waals surface area contributed by atoms with Crippen LogP contribution in [0.4, 0.5) is 0 Å². The Labute approximate surface area is 138 Å². The number of carboxylic acid groups (broad SMARTS) is 1. The summed E-state index contributed by atoms with van der Waals surface area (Å²) in [5.74, 6) is -2.46. The molecule has 24 heavy (non-hydrogen) atoms. The smallest absolute Gasteiger partial charge is 0.341 e. The Morgan fingerprint density at radius 3 is 2.42 bits per heavy atom. The number of hydrogen-bond acceptors (Lipinski definition) is 7. The zero-order valence-corrected chi connectivity index (χ0v) is 13.0. The van der Waals surface area contributed by atoms with E-state index in [0.717, 1.165) is 6.08 Å². The van der Waals surface area contributed by atoms with Gasteiger partial charge >= 0.3 is 17.9 Å². The van der Waals surface area contributed by atoms with E-state index in [2.05, 4.69) is 16.1 Å². The van der Waals surface area contributed by atoms with Crippen LogP contribution in [0.1, 0.15) is 27.6 Å². The van der Waals surface area contributed by atoms with E-state index >= 15 is 0 Å². The van der Waals surface area contributed by atoms with Crippen LogP contribution in [0.15, 0.2) is 36.9 Å². The van der Waals surface area contributed by atoms with E-state index in [1.807, 2.05) is 0 Å². The first kappa shape index (κ1) is 19.3. The monoisotopic (exact) mass is 338 g/mol. The van der Waals surface area contributed by atoms with Gasteiger partial charge in [0.2, 0.25) is 0 Å². The van der Waals surface area contributed by atoms with Gasteiger partial charge in [-0.15, -0.1) is 0 Å². The van der Waals surface area contributed by atoms with Crippen molar-refractivity contribution in [3.05, 3.63) is 48.0 Å². The molecule has 1 saturated heterocycles. The molecule has 0 spiro atoms. The molecule has 0 amide bonds. The predicted octanol–water partition coefficient (Wildman–Crippen LogP) is 0.994. The van der Waals surface area contributed by atoms with Crippen molar-refractivity contribution in [1.82, 2.24) is 0 Å². The number of benzene rings is 1. The molecule has 0 saturated carbocycles. The highest BCUT2D eigenvalue weighted by atomic mass is 16.6. The standard InChI is InChI=1S/C10H10O5.C6H8O3/c1-6(11)15-10(14)8-5-3-2-4-7(8)9(12)13;1-2-6(7)9-4-5-3-8-5/h2-6,11H,1H3,(H,12,13);2,5H,1,3-4H2. The number of carboxylic acids is 1. The molecule has 1 heterocycles. The molecule has 2 rings (SSSR count). The second-order valence-electron chi connectivity index (χ2n) is 4.64. The summed E-state index contributed by atoms with van der Waals surface area (Å²) in [6, 6.07) is 5.64. The van der Waals surface area contributed by atoms with E-state index in [1.54, 1.807) is 0 Å². The fourth-order valence-electron chi connectivity index (χ4n) is 1.46. The van der Waals surface area contributed by atoms with E-state index in [1.165, 1.54) is 31.2 Å². The lowest BCUT2D eigenvalue weighted by atomic mass is 10.1. The van der Waals surface area contributed by atoms with Crippen LogP contribution in [0.3, 0.4) is 0 Å². The summed E-state index contributed by atoms with van der Waals surface area (Å²) in [4.78, 5) is 32.4. The van der Waals surface area contributed by atoms with E-state index in [0.29, 0.717) is 13.2 Å². The van der Waals surface area contributed by atoms with Crippen molar-refractivity contribution in [1.29, 1.82) is 0 Å². The fourth-order valence-corrected chi connectivity index (χ4v) is 1.46. The van der Waals surface area contributed by atoms with Crippen molar-refractivity contribution in [2.75, 3.05) is 13.2 Å². The number of aromatic carboxylic acids is 1. The third kappa shape index (κ3) is 7.03. The third-order valence-corrected chi connectivity index (χ3v) is 2.64. The second kappa shape index (κ2) is 9.43. The molecule has 2 unspecified atom stereocenters. The van der Waals surface area contributed by atoms with E-state index in [-0.39, 0.29) is 23.2 Å². The fraction of sp³-hybridized carbons (Fsp3) is 0.312. The molecule has 1 aliphatic rings. The highest BCUT2D eigenvalue weighted by Gasteiger charge is 2.23. The zero-order valence-electron chi connectivity index (χ0n) is 13.0. The largest absolute Gasteiger partial charge is 0.478 e. The van der Waals surface area contributed by atoms with Crippen LogP contribution >= 0.6 is 0 Å². The summed E-state index contributed by atoms with van der Waals surface area (Å²) in [7, 11) is 0. The SMILES string of the molecule is C=CC(=O)OCC1CO1.CC(O)OC(=O)c1ccccc1C(=O)O. The van der Waals surface area contributed by atoms with Gasteiger partial charge in [0.1, 0.15) is 12.7 Å². The van der Waals surface area contributed by atoms with Gasteiger partial charge in [-0.25, -0.2) is 14.4 Å². The lowest BCUT2D eigenvalue weighted by Crippen LogP contribution is -2.17. The van der Waals surface area contributed by atoms with Gasteiger partial charge in [0.05, 0.1) is 17.7 Å². The Kier molecular flexibility index (Phi) is 7.60. The van der Waals surface area contributed by atoms with Gasteiger partial charge in [-0.3, -0.25) is 0 Å². The van der Waals surface area contributed by atoms with Gasteiger partial charge in [-0.1, -0.05) is 18.7 Å². The summed E-state index contributed by atoms with van der Waals surface area (Å²) in [6.07, 6.45) is 0.0239. The van der Waals surface area contributed by atoms with Crippen LogP contribution in [-0.2, 0) is 19.0 Å². The van der Waals surface area contributed by atoms with Crippen LogP contribution in [0.5, 0.6) is 0 Å². The molecule has 0 aromatic heterocycles. The van der Waals surface area contributed by atoms with Gasteiger partial charge in [0, 0.05) is 6.08 Å². The van der Waals surface area contributed by atoms with Crippen LogP contribution in [-0.4, -0.2) is 53.7 Å². The Bertz CT molecular complexity index is 604. The summed E-state index contributed by atoms with van der Waals surface area (Å²) < 4.78 is 13.9. The number of carbonyl (C=O) groups excluding carboxylic acids is 2. The van der Waals surface area contributed by atoms with Gasteiger partial charge in [0.25, 0.3) is 0 Å². The maximum Gasteiger partial charge on any atom is 0.341 e. The molecule has 8 heteroatoms. The summed E-state index contributed by atoms with van der Waals surface area (Å²) in [6.45, 7) is 5.59. The minimum absolute atomic E-state index is 0.0779. The summed E-state index contributed by atoms with van der Waals surface area (Å²) >= 11 is 0.